The van der Waals surface area contributed by atoms with Gasteiger partial charge in [0.1, 0.15) is 0 Å². The van der Waals surface area contributed by atoms with Crippen molar-refractivity contribution in [3.8, 4) is 0 Å². The molecule has 2 rings (SSSR count). The molecular weight excluding hydrogens is 304 g/mol. The highest BCUT2D eigenvalue weighted by Gasteiger charge is 2.23. The molecule has 4 heteroatoms. The Morgan fingerprint density at radius 3 is 3.00 bits per heavy atom. The van der Waals surface area contributed by atoms with Gasteiger partial charge in [0, 0.05) is 22.7 Å². The molecule has 0 spiro atoms. The second-order valence-corrected chi connectivity index (χ2v) is 6.20. The van der Waals surface area contributed by atoms with E-state index in [2.05, 4.69) is 52.9 Å². The normalized spacial score (nSPS) is 21.5. The van der Waals surface area contributed by atoms with Crippen LogP contribution in [0.3, 0.4) is 0 Å². The number of nitrogens with two attached hydrogens (primary N) is 1. The predicted molar refractivity (Wildman–Crippen MR) is 83.7 cm³/mol. The van der Waals surface area contributed by atoms with E-state index in [1.54, 1.807) is 0 Å². The van der Waals surface area contributed by atoms with E-state index < -0.39 is 0 Å². The fraction of sp³-hybridized carbons (Fsp3) is 0.600. The minimum atomic E-state index is 0.175. The van der Waals surface area contributed by atoms with Gasteiger partial charge in [0.15, 0.2) is 0 Å². The SMILES string of the molecule is CCC1COCCN1c1ccc(Br)cc1CC(C)N. The maximum Gasteiger partial charge on any atom is 0.0670 e. The third-order valence-corrected chi connectivity index (χ3v) is 4.08. The van der Waals surface area contributed by atoms with Crippen LogP contribution in [0, 0.1) is 0 Å². The van der Waals surface area contributed by atoms with Crippen LogP contribution in [-0.4, -0.2) is 31.8 Å². The maximum atomic E-state index is 5.98. The lowest BCUT2D eigenvalue weighted by molar-refractivity contribution is 0.0929. The predicted octanol–water partition coefficient (Wildman–Crippen LogP) is 2.95. The quantitative estimate of drug-likeness (QED) is 0.924. The summed E-state index contributed by atoms with van der Waals surface area (Å²) in [5.41, 5.74) is 8.62. The van der Waals surface area contributed by atoms with Crippen molar-refractivity contribution < 1.29 is 4.74 Å². The summed E-state index contributed by atoms with van der Waals surface area (Å²) in [7, 11) is 0. The van der Waals surface area contributed by atoms with Crippen LogP contribution in [-0.2, 0) is 11.2 Å². The minimum absolute atomic E-state index is 0.175. The van der Waals surface area contributed by atoms with E-state index in [1.165, 1.54) is 11.3 Å². The van der Waals surface area contributed by atoms with Crippen molar-refractivity contribution in [3.63, 3.8) is 0 Å². The van der Waals surface area contributed by atoms with Gasteiger partial charge in [-0.05, 0) is 43.5 Å². The summed E-state index contributed by atoms with van der Waals surface area (Å²) in [6, 6.07) is 7.16. The van der Waals surface area contributed by atoms with Gasteiger partial charge in [-0.1, -0.05) is 22.9 Å². The Hall–Kier alpha value is -0.580. The van der Waals surface area contributed by atoms with E-state index in [0.29, 0.717) is 6.04 Å². The number of morpholine rings is 1. The molecule has 1 fully saturated rings. The first kappa shape index (κ1) is 14.8. The molecule has 0 radical (unpaired) electrons. The van der Waals surface area contributed by atoms with Gasteiger partial charge in [0.2, 0.25) is 0 Å². The number of benzene rings is 1. The molecule has 0 aliphatic carbocycles. The van der Waals surface area contributed by atoms with E-state index in [-0.39, 0.29) is 6.04 Å². The molecule has 1 heterocycles. The van der Waals surface area contributed by atoms with Crippen molar-refractivity contribution in [2.75, 3.05) is 24.7 Å². The van der Waals surface area contributed by atoms with Crippen molar-refractivity contribution >= 4 is 21.6 Å². The molecule has 0 saturated carbocycles. The summed E-state index contributed by atoms with van der Waals surface area (Å²) in [5, 5.41) is 0. The van der Waals surface area contributed by atoms with Crippen LogP contribution in [0.2, 0.25) is 0 Å². The number of nitrogens with zero attached hydrogens (tertiary/aromatic N) is 1. The zero-order chi connectivity index (χ0) is 13.8. The Morgan fingerprint density at radius 1 is 1.53 bits per heavy atom. The first-order chi connectivity index (χ1) is 9.11. The molecule has 0 aromatic heterocycles. The molecule has 1 aromatic rings. The first-order valence-electron chi connectivity index (χ1n) is 7.00. The van der Waals surface area contributed by atoms with Gasteiger partial charge < -0.3 is 15.4 Å². The molecule has 0 amide bonds. The smallest absolute Gasteiger partial charge is 0.0670 e. The third-order valence-electron chi connectivity index (χ3n) is 3.59. The van der Waals surface area contributed by atoms with Crippen LogP contribution in [0.4, 0.5) is 5.69 Å². The Labute approximate surface area is 124 Å². The van der Waals surface area contributed by atoms with Gasteiger partial charge in [0.25, 0.3) is 0 Å². The maximum absolute atomic E-state index is 5.98. The van der Waals surface area contributed by atoms with E-state index >= 15 is 0 Å². The largest absolute Gasteiger partial charge is 0.377 e. The van der Waals surface area contributed by atoms with Crippen molar-refractivity contribution in [3.05, 3.63) is 28.2 Å². The molecule has 2 N–H and O–H groups in total. The minimum Gasteiger partial charge on any atom is -0.377 e. The van der Waals surface area contributed by atoms with E-state index in [9.17, 15) is 0 Å². The zero-order valence-electron chi connectivity index (χ0n) is 11.7. The van der Waals surface area contributed by atoms with Gasteiger partial charge in [-0.2, -0.15) is 0 Å². The van der Waals surface area contributed by atoms with Gasteiger partial charge in [-0.25, -0.2) is 0 Å². The van der Waals surface area contributed by atoms with Crippen LogP contribution in [0.1, 0.15) is 25.8 Å². The molecule has 1 saturated heterocycles. The fourth-order valence-corrected chi connectivity index (χ4v) is 3.06. The molecule has 2 atom stereocenters. The number of rotatable bonds is 4. The Kier molecular flexibility index (Phi) is 5.25. The number of hydrogen-bond donors (Lipinski definition) is 1. The summed E-state index contributed by atoms with van der Waals surface area (Å²) < 4.78 is 6.71. The van der Waals surface area contributed by atoms with Crippen molar-refractivity contribution in [1.82, 2.24) is 0 Å². The zero-order valence-corrected chi connectivity index (χ0v) is 13.3. The molecule has 106 valence electrons. The standard InChI is InChI=1S/C15H23BrN2O/c1-3-14-10-19-7-6-18(14)15-5-4-13(16)9-12(15)8-11(2)17/h4-5,9,11,14H,3,6-8,10,17H2,1-2H3. The Balaban J connectivity index is 2.31. The fourth-order valence-electron chi connectivity index (χ4n) is 2.65. The highest BCUT2D eigenvalue weighted by atomic mass is 79.9. The average Bonchev–Trinajstić information content (AvgIpc) is 2.38. The number of ether oxygens (including phenoxy) is 1. The Morgan fingerprint density at radius 2 is 2.32 bits per heavy atom. The van der Waals surface area contributed by atoms with E-state index in [4.69, 9.17) is 10.5 Å². The molecule has 1 aliphatic heterocycles. The molecule has 1 aromatic carbocycles. The second-order valence-electron chi connectivity index (χ2n) is 5.28. The molecule has 3 nitrogen and oxygen atoms in total. The van der Waals surface area contributed by atoms with E-state index in [1.807, 2.05) is 0 Å². The first-order valence-corrected chi connectivity index (χ1v) is 7.79. The van der Waals surface area contributed by atoms with Gasteiger partial charge in [-0.3, -0.25) is 0 Å². The lowest BCUT2D eigenvalue weighted by Gasteiger charge is -2.38. The second kappa shape index (κ2) is 6.73. The van der Waals surface area contributed by atoms with Crippen LogP contribution in [0.25, 0.3) is 0 Å². The van der Waals surface area contributed by atoms with Crippen molar-refractivity contribution in [2.24, 2.45) is 5.73 Å². The summed E-state index contributed by atoms with van der Waals surface area (Å²) in [5.74, 6) is 0. The highest BCUT2D eigenvalue weighted by molar-refractivity contribution is 9.10. The summed E-state index contributed by atoms with van der Waals surface area (Å²) in [6.45, 7) is 6.87. The lowest BCUT2D eigenvalue weighted by Crippen LogP contribution is -2.45. The number of halogens is 1. The number of anilines is 1. The topological polar surface area (TPSA) is 38.5 Å². The average molecular weight is 327 g/mol. The van der Waals surface area contributed by atoms with Gasteiger partial charge in [0.05, 0.1) is 19.3 Å². The highest BCUT2D eigenvalue weighted by Crippen LogP contribution is 2.29. The van der Waals surface area contributed by atoms with Crippen LogP contribution >= 0.6 is 15.9 Å². The summed E-state index contributed by atoms with van der Waals surface area (Å²) in [4.78, 5) is 2.48. The van der Waals surface area contributed by atoms with Crippen LogP contribution in [0.5, 0.6) is 0 Å². The Bertz CT molecular complexity index is 423. The van der Waals surface area contributed by atoms with Crippen LogP contribution in [0.15, 0.2) is 22.7 Å². The molecule has 19 heavy (non-hydrogen) atoms. The molecule has 1 aliphatic rings. The summed E-state index contributed by atoms with van der Waals surface area (Å²) >= 11 is 3.56. The molecule has 0 bridgehead atoms. The van der Waals surface area contributed by atoms with Crippen molar-refractivity contribution in [1.29, 1.82) is 0 Å². The van der Waals surface area contributed by atoms with Gasteiger partial charge >= 0.3 is 0 Å². The number of hydrogen-bond acceptors (Lipinski definition) is 3. The third kappa shape index (κ3) is 3.71. The van der Waals surface area contributed by atoms with Gasteiger partial charge in [-0.15, -0.1) is 0 Å². The van der Waals surface area contributed by atoms with Crippen molar-refractivity contribution in [2.45, 2.75) is 38.8 Å². The molecule has 2 unspecified atom stereocenters. The summed E-state index contributed by atoms with van der Waals surface area (Å²) in [6.07, 6.45) is 2.01. The lowest BCUT2D eigenvalue weighted by atomic mass is 10.0. The van der Waals surface area contributed by atoms with Crippen LogP contribution < -0.4 is 10.6 Å². The van der Waals surface area contributed by atoms with E-state index in [0.717, 1.165) is 37.1 Å². The monoisotopic (exact) mass is 326 g/mol. The molecular formula is C15H23BrN2O.